The molecule has 0 amide bonds. The van der Waals surface area contributed by atoms with Gasteiger partial charge in [0, 0.05) is 50.7 Å². The summed E-state index contributed by atoms with van der Waals surface area (Å²) in [4.78, 5) is 10.4. The summed E-state index contributed by atoms with van der Waals surface area (Å²) >= 11 is 1.64. The van der Waals surface area contributed by atoms with Gasteiger partial charge in [0.1, 0.15) is 5.82 Å². The van der Waals surface area contributed by atoms with Crippen LogP contribution < -0.4 is 5.32 Å². The lowest BCUT2D eigenvalue weighted by Gasteiger charge is -2.32. The maximum atomic E-state index is 13.6. The summed E-state index contributed by atoms with van der Waals surface area (Å²) < 4.78 is 19.0. The predicted molar refractivity (Wildman–Crippen MR) is 101 cm³/mol. The maximum absolute atomic E-state index is 13.6. The van der Waals surface area contributed by atoms with E-state index in [0.29, 0.717) is 12.6 Å². The van der Waals surface area contributed by atoms with Crippen molar-refractivity contribution in [2.75, 3.05) is 52.7 Å². The predicted octanol–water partition coefficient (Wildman–Crippen LogP) is 2.03. The fourth-order valence-corrected chi connectivity index (χ4v) is 4.16. The van der Waals surface area contributed by atoms with Gasteiger partial charge in [-0.1, -0.05) is 0 Å². The first-order valence-corrected chi connectivity index (χ1v) is 10.0. The lowest BCUT2D eigenvalue weighted by atomic mass is 10.2. The van der Waals surface area contributed by atoms with Crippen LogP contribution in [0.4, 0.5) is 4.39 Å². The summed E-state index contributed by atoms with van der Waals surface area (Å²) in [5, 5.41) is 3.41. The first-order chi connectivity index (χ1) is 12.2. The summed E-state index contributed by atoms with van der Waals surface area (Å²) in [6, 6.07) is 5.52. The molecule has 0 spiro atoms. The fraction of sp³-hybridized carbons (Fsp3) is 0.611. The molecule has 7 heteroatoms. The van der Waals surface area contributed by atoms with Gasteiger partial charge in [-0.25, -0.2) is 4.39 Å². The molecule has 2 aliphatic rings. The third-order valence-corrected chi connectivity index (χ3v) is 5.75. The molecule has 138 valence electrons. The number of hydrogen-bond acceptors (Lipinski definition) is 4. The second kappa shape index (κ2) is 8.87. The molecule has 1 aromatic carbocycles. The number of nitrogens with zero attached hydrogens (tertiary/aromatic N) is 3. The van der Waals surface area contributed by atoms with Crippen molar-refractivity contribution in [1.29, 1.82) is 0 Å². The van der Waals surface area contributed by atoms with E-state index in [0.717, 1.165) is 62.2 Å². The van der Waals surface area contributed by atoms with E-state index in [9.17, 15) is 4.39 Å². The molecule has 1 N–H and O–H groups in total. The van der Waals surface area contributed by atoms with Gasteiger partial charge in [-0.2, -0.15) is 0 Å². The van der Waals surface area contributed by atoms with Crippen molar-refractivity contribution in [3.8, 4) is 0 Å². The zero-order valence-electron chi connectivity index (χ0n) is 15.0. The van der Waals surface area contributed by atoms with Crippen molar-refractivity contribution in [3.63, 3.8) is 0 Å². The molecule has 2 aliphatic heterocycles. The highest BCUT2D eigenvalue weighted by Gasteiger charge is 2.30. The van der Waals surface area contributed by atoms with Crippen LogP contribution in [0.25, 0.3) is 0 Å². The van der Waals surface area contributed by atoms with Gasteiger partial charge in [0.15, 0.2) is 5.96 Å². The second-order valence-corrected chi connectivity index (χ2v) is 7.24. The standard InChI is InChI=1S/C18H27FN4OS/c1-20-18(21-12-14-11-15(19)3-4-17(14)25-2)23-6-5-16(13-23)22-7-9-24-10-8-22/h3-4,11,16H,5-10,12-13H2,1-2H3,(H,20,21). The highest BCUT2D eigenvalue weighted by molar-refractivity contribution is 7.98. The molecule has 2 heterocycles. The van der Waals surface area contributed by atoms with E-state index >= 15 is 0 Å². The van der Waals surface area contributed by atoms with Gasteiger partial charge in [0.05, 0.1) is 13.2 Å². The van der Waals surface area contributed by atoms with Crippen LogP contribution in [0.2, 0.25) is 0 Å². The smallest absolute Gasteiger partial charge is 0.193 e. The minimum atomic E-state index is -0.196. The van der Waals surface area contributed by atoms with Crippen LogP contribution in [-0.4, -0.2) is 74.5 Å². The van der Waals surface area contributed by atoms with Crippen LogP contribution in [0.15, 0.2) is 28.1 Å². The third kappa shape index (κ3) is 4.65. The van der Waals surface area contributed by atoms with E-state index in [1.165, 1.54) is 6.07 Å². The molecule has 0 aliphatic carbocycles. The minimum Gasteiger partial charge on any atom is -0.379 e. The molecule has 1 unspecified atom stereocenters. The normalized spacial score (nSPS) is 22.4. The van der Waals surface area contributed by atoms with E-state index in [4.69, 9.17) is 4.74 Å². The molecule has 1 atom stereocenters. The van der Waals surface area contributed by atoms with Crippen LogP contribution in [0.3, 0.4) is 0 Å². The Morgan fingerprint density at radius 3 is 2.88 bits per heavy atom. The number of benzene rings is 1. The van der Waals surface area contributed by atoms with Crippen molar-refractivity contribution >= 4 is 17.7 Å². The molecule has 0 aromatic heterocycles. The lowest BCUT2D eigenvalue weighted by molar-refractivity contribution is 0.0195. The van der Waals surface area contributed by atoms with E-state index in [2.05, 4.69) is 20.1 Å². The molecule has 0 saturated carbocycles. The van der Waals surface area contributed by atoms with Crippen LogP contribution in [-0.2, 0) is 11.3 Å². The van der Waals surface area contributed by atoms with Crippen molar-refractivity contribution in [2.24, 2.45) is 4.99 Å². The summed E-state index contributed by atoms with van der Waals surface area (Å²) in [6.07, 6.45) is 3.16. The Morgan fingerprint density at radius 1 is 1.36 bits per heavy atom. The highest BCUT2D eigenvalue weighted by atomic mass is 32.2. The van der Waals surface area contributed by atoms with Gasteiger partial charge in [-0.15, -0.1) is 11.8 Å². The summed E-state index contributed by atoms with van der Waals surface area (Å²) in [5.41, 5.74) is 0.970. The average molecular weight is 367 g/mol. The molecule has 3 rings (SSSR count). The third-order valence-electron chi connectivity index (χ3n) is 4.92. The summed E-state index contributed by atoms with van der Waals surface area (Å²) in [6.45, 7) is 6.27. The number of likely N-dealkylation sites (tertiary alicyclic amines) is 1. The monoisotopic (exact) mass is 366 g/mol. The molecule has 5 nitrogen and oxygen atoms in total. The number of aliphatic imine (C=N–C) groups is 1. The van der Waals surface area contributed by atoms with Gasteiger partial charge in [-0.05, 0) is 36.4 Å². The van der Waals surface area contributed by atoms with Crippen LogP contribution in [0.1, 0.15) is 12.0 Å². The number of morpholine rings is 1. The largest absolute Gasteiger partial charge is 0.379 e. The van der Waals surface area contributed by atoms with Gasteiger partial charge in [0.2, 0.25) is 0 Å². The zero-order valence-corrected chi connectivity index (χ0v) is 15.8. The molecule has 25 heavy (non-hydrogen) atoms. The average Bonchev–Trinajstić information content (AvgIpc) is 3.13. The van der Waals surface area contributed by atoms with E-state index in [-0.39, 0.29) is 5.82 Å². The Hall–Kier alpha value is -1.31. The van der Waals surface area contributed by atoms with E-state index in [1.54, 1.807) is 17.8 Å². The Bertz CT molecular complexity index is 607. The van der Waals surface area contributed by atoms with Crippen LogP contribution >= 0.6 is 11.8 Å². The van der Waals surface area contributed by atoms with Crippen LogP contribution in [0, 0.1) is 5.82 Å². The second-order valence-electron chi connectivity index (χ2n) is 6.39. The van der Waals surface area contributed by atoms with Crippen molar-refractivity contribution in [2.45, 2.75) is 23.9 Å². The Kier molecular flexibility index (Phi) is 6.56. The molecule has 0 bridgehead atoms. The quantitative estimate of drug-likeness (QED) is 0.502. The SMILES string of the molecule is CN=C(NCc1cc(F)ccc1SC)N1CCC(N2CCOCC2)C1. The Morgan fingerprint density at radius 2 is 2.16 bits per heavy atom. The van der Waals surface area contributed by atoms with Crippen molar-refractivity contribution in [1.82, 2.24) is 15.1 Å². The van der Waals surface area contributed by atoms with Crippen molar-refractivity contribution < 1.29 is 9.13 Å². The molecule has 2 saturated heterocycles. The molecular formula is C18H27FN4OS. The van der Waals surface area contributed by atoms with E-state index < -0.39 is 0 Å². The summed E-state index contributed by atoms with van der Waals surface area (Å²) in [5.74, 6) is 0.699. The fourth-order valence-electron chi connectivity index (χ4n) is 3.57. The first kappa shape index (κ1) is 18.5. The van der Waals surface area contributed by atoms with Crippen LogP contribution in [0.5, 0.6) is 0 Å². The Labute approximate surface area is 153 Å². The number of nitrogens with one attached hydrogen (secondary N) is 1. The molecule has 1 aromatic rings. The number of thioether (sulfide) groups is 1. The van der Waals surface area contributed by atoms with Gasteiger partial charge in [0.25, 0.3) is 0 Å². The van der Waals surface area contributed by atoms with Gasteiger partial charge < -0.3 is 15.0 Å². The maximum Gasteiger partial charge on any atom is 0.193 e. The summed E-state index contributed by atoms with van der Waals surface area (Å²) in [7, 11) is 1.81. The number of halogens is 1. The van der Waals surface area contributed by atoms with Gasteiger partial charge >= 0.3 is 0 Å². The number of hydrogen-bond donors (Lipinski definition) is 1. The van der Waals surface area contributed by atoms with E-state index in [1.807, 2.05) is 19.4 Å². The zero-order chi connectivity index (χ0) is 17.6. The topological polar surface area (TPSA) is 40.1 Å². The molecule has 2 fully saturated rings. The lowest BCUT2D eigenvalue weighted by Crippen LogP contribution is -2.46. The van der Waals surface area contributed by atoms with Crippen molar-refractivity contribution in [3.05, 3.63) is 29.6 Å². The molecular weight excluding hydrogens is 339 g/mol. The molecule has 0 radical (unpaired) electrons. The minimum absolute atomic E-state index is 0.196. The number of guanidine groups is 1. The van der Waals surface area contributed by atoms with Gasteiger partial charge in [-0.3, -0.25) is 9.89 Å². The number of ether oxygens (including phenoxy) is 1. The highest BCUT2D eigenvalue weighted by Crippen LogP contribution is 2.22. The first-order valence-electron chi connectivity index (χ1n) is 8.81. The Balaban J connectivity index is 1.57. The number of rotatable bonds is 4.